The molecule has 0 aromatic carbocycles. The van der Waals surface area contributed by atoms with Crippen LogP contribution in [0.25, 0.3) is 0 Å². The fourth-order valence-electron chi connectivity index (χ4n) is 4.66. The van der Waals surface area contributed by atoms with Gasteiger partial charge in [0.1, 0.15) is 13.2 Å². The van der Waals surface area contributed by atoms with E-state index < -0.39 is 48.3 Å². The number of rotatable bonds is 29. The van der Waals surface area contributed by atoms with Crippen molar-refractivity contribution < 1.29 is 47.7 Å². The van der Waals surface area contributed by atoms with Crippen molar-refractivity contribution in [3.63, 3.8) is 0 Å². The normalized spacial score (nSPS) is 11.7. The number of carbonyl (C=O) groups is 6. The molecular formula is C34H64N6O10. The number of hydrogen-bond acceptors (Lipinski definition) is 10. The summed E-state index contributed by atoms with van der Waals surface area (Å²) in [6.07, 6.45) is 14.3. The number of ether oxygens (including phenoxy) is 4. The van der Waals surface area contributed by atoms with E-state index in [1.807, 2.05) is 0 Å². The molecule has 16 heteroatoms. The highest BCUT2D eigenvalue weighted by atomic mass is 16.6. The standard InChI is InChI=1S/C34H64N6O10/c1-5-7-9-11-13-17-21-35-31(43)39-27(29(41)47-3)25-49-33(45)37-23-19-15-16-20-24-38-34(46)50-26-28(30(42)48-4)40-32(44)36-22-18-14-12-10-8-6-2/h27-28H,5-26H2,1-4H3,(H,37,45)(H,38,46)(H2,35,39,43)(H2,36,40,44). The topological polar surface area (TPSA) is 212 Å². The van der Waals surface area contributed by atoms with Crippen LogP contribution in [-0.2, 0) is 28.5 Å². The molecule has 2 unspecified atom stereocenters. The second-order valence-corrected chi connectivity index (χ2v) is 12.0. The van der Waals surface area contributed by atoms with E-state index in [2.05, 4.69) is 45.7 Å². The number of alkyl carbamates (subject to hydrolysis) is 2. The van der Waals surface area contributed by atoms with Gasteiger partial charge in [0.15, 0.2) is 12.1 Å². The summed E-state index contributed by atoms with van der Waals surface area (Å²) in [6.45, 7) is 5.16. The minimum atomic E-state index is -1.14. The number of carbonyl (C=O) groups excluding carboxylic acids is 6. The Hall–Kier alpha value is -3.98. The lowest BCUT2D eigenvalue weighted by molar-refractivity contribution is -0.144. The summed E-state index contributed by atoms with van der Waals surface area (Å²) >= 11 is 0. The molecule has 0 aliphatic heterocycles. The van der Waals surface area contributed by atoms with Gasteiger partial charge in [0.05, 0.1) is 14.2 Å². The molecule has 6 N–H and O–H groups in total. The lowest BCUT2D eigenvalue weighted by atomic mass is 10.1. The fourth-order valence-corrected chi connectivity index (χ4v) is 4.66. The zero-order valence-corrected chi connectivity index (χ0v) is 30.8. The van der Waals surface area contributed by atoms with Crippen LogP contribution in [0, 0.1) is 0 Å². The molecule has 16 nitrogen and oxygen atoms in total. The molecule has 0 aliphatic carbocycles. The first-order valence-corrected chi connectivity index (χ1v) is 18.2. The molecule has 0 aromatic rings. The van der Waals surface area contributed by atoms with Gasteiger partial charge in [-0.3, -0.25) is 0 Å². The summed E-state index contributed by atoms with van der Waals surface area (Å²) in [4.78, 5) is 72.5. The van der Waals surface area contributed by atoms with Gasteiger partial charge < -0.3 is 50.8 Å². The van der Waals surface area contributed by atoms with Gasteiger partial charge in [-0.25, -0.2) is 28.8 Å². The zero-order chi connectivity index (χ0) is 37.2. The molecule has 0 fully saturated rings. The zero-order valence-electron chi connectivity index (χ0n) is 30.8. The minimum Gasteiger partial charge on any atom is -0.467 e. The predicted octanol–water partition coefficient (Wildman–Crippen LogP) is 4.40. The quantitative estimate of drug-likeness (QED) is 0.0365. The van der Waals surface area contributed by atoms with Gasteiger partial charge >= 0.3 is 36.2 Å². The molecular weight excluding hydrogens is 652 g/mol. The third-order valence-electron chi connectivity index (χ3n) is 7.62. The molecule has 6 amide bonds. The van der Waals surface area contributed by atoms with Gasteiger partial charge in [-0.05, 0) is 25.7 Å². The molecule has 0 bridgehead atoms. The minimum absolute atomic E-state index is 0.331. The maximum Gasteiger partial charge on any atom is 0.407 e. The van der Waals surface area contributed by atoms with Crippen LogP contribution < -0.4 is 31.9 Å². The summed E-state index contributed by atoms with van der Waals surface area (Å²) in [5, 5.41) is 15.5. The summed E-state index contributed by atoms with van der Waals surface area (Å²) in [6, 6.07) is -3.37. The highest BCUT2D eigenvalue weighted by Crippen LogP contribution is 2.05. The van der Waals surface area contributed by atoms with Crippen LogP contribution in [-0.4, -0.2) is 102 Å². The van der Waals surface area contributed by atoms with Crippen molar-refractivity contribution in [2.24, 2.45) is 0 Å². The van der Waals surface area contributed by atoms with Crippen LogP contribution in [0.2, 0.25) is 0 Å². The van der Waals surface area contributed by atoms with Gasteiger partial charge in [-0.2, -0.15) is 0 Å². The molecule has 0 aromatic heterocycles. The number of nitrogens with one attached hydrogen (secondary N) is 6. The Balaban J connectivity index is 4.10. The number of methoxy groups -OCH3 is 2. The van der Waals surface area contributed by atoms with Gasteiger partial charge in [0.2, 0.25) is 0 Å². The second-order valence-electron chi connectivity index (χ2n) is 12.0. The van der Waals surface area contributed by atoms with E-state index in [-0.39, 0.29) is 13.2 Å². The summed E-state index contributed by atoms with van der Waals surface area (Å²) in [5.41, 5.74) is 0. The van der Waals surface area contributed by atoms with E-state index in [9.17, 15) is 28.8 Å². The van der Waals surface area contributed by atoms with Gasteiger partial charge in [-0.1, -0.05) is 90.9 Å². The SMILES string of the molecule is CCCCCCCCNC(=O)NC(COC(=O)NCCCCCCNC(=O)OCC(NC(=O)NCCCCCCCC)C(=O)OC)C(=O)OC. The molecule has 0 saturated heterocycles. The first-order chi connectivity index (χ1) is 24.2. The van der Waals surface area contributed by atoms with E-state index >= 15 is 0 Å². The second kappa shape index (κ2) is 32.2. The van der Waals surface area contributed by atoms with Crippen LogP contribution >= 0.6 is 0 Å². The van der Waals surface area contributed by atoms with Crippen molar-refractivity contribution in [1.82, 2.24) is 31.9 Å². The van der Waals surface area contributed by atoms with Gasteiger partial charge in [-0.15, -0.1) is 0 Å². The Kier molecular flexibility index (Phi) is 29.7. The largest absolute Gasteiger partial charge is 0.467 e. The third kappa shape index (κ3) is 26.9. The molecule has 0 aliphatic rings. The van der Waals surface area contributed by atoms with Gasteiger partial charge in [0.25, 0.3) is 0 Å². The maximum atomic E-state index is 12.2. The molecule has 0 radical (unpaired) electrons. The van der Waals surface area contributed by atoms with Crippen molar-refractivity contribution in [3.8, 4) is 0 Å². The van der Waals surface area contributed by atoms with Crippen LogP contribution in [0.3, 0.4) is 0 Å². The Labute approximate surface area is 298 Å². The van der Waals surface area contributed by atoms with E-state index in [1.54, 1.807) is 0 Å². The van der Waals surface area contributed by atoms with E-state index in [1.165, 1.54) is 52.7 Å². The average molecular weight is 717 g/mol. The Morgan fingerprint density at radius 2 is 0.740 bits per heavy atom. The van der Waals surface area contributed by atoms with Crippen molar-refractivity contribution in [1.29, 1.82) is 0 Å². The predicted molar refractivity (Wildman–Crippen MR) is 189 cm³/mol. The van der Waals surface area contributed by atoms with Crippen LogP contribution in [0.1, 0.15) is 117 Å². The summed E-state index contributed by atoms with van der Waals surface area (Å²) in [7, 11) is 2.37. The molecule has 2 atom stereocenters. The van der Waals surface area contributed by atoms with E-state index in [0.29, 0.717) is 39.0 Å². The highest BCUT2D eigenvalue weighted by Gasteiger charge is 2.24. The molecule has 290 valence electrons. The van der Waals surface area contributed by atoms with Gasteiger partial charge in [0, 0.05) is 26.2 Å². The summed E-state index contributed by atoms with van der Waals surface area (Å²) < 4.78 is 19.6. The van der Waals surface area contributed by atoms with Crippen molar-refractivity contribution in [3.05, 3.63) is 0 Å². The first-order valence-electron chi connectivity index (χ1n) is 18.2. The van der Waals surface area contributed by atoms with E-state index in [0.717, 1.165) is 51.4 Å². The third-order valence-corrected chi connectivity index (χ3v) is 7.62. The maximum absolute atomic E-state index is 12.2. The fraction of sp³-hybridized carbons (Fsp3) is 0.824. The number of hydrogen-bond donors (Lipinski definition) is 6. The van der Waals surface area contributed by atoms with E-state index in [4.69, 9.17) is 18.9 Å². The van der Waals surface area contributed by atoms with Crippen molar-refractivity contribution in [2.75, 3.05) is 53.6 Å². The van der Waals surface area contributed by atoms with Crippen molar-refractivity contribution in [2.45, 2.75) is 129 Å². The average Bonchev–Trinajstić information content (AvgIpc) is 3.11. The molecule has 0 saturated carbocycles. The first kappa shape index (κ1) is 46.0. The van der Waals surface area contributed by atoms with Crippen LogP contribution in [0.4, 0.5) is 19.2 Å². The number of amides is 6. The Bertz CT molecular complexity index is 881. The highest BCUT2D eigenvalue weighted by molar-refractivity contribution is 5.84. The number of unbranched alkanes of at least 4 members (excludes halogenated alkanes) is 13. The van der Waals surface area contributed by atoms with Crippen LogP contribution in [0.15, 0.2) is 0 Å². The smallest absolute Gasteiger partial charge is 0.407 e. The number of esters is 2. The number of urea groups is 2. The van der Waals surface area contributed by atoms with Crippen LogP contribution in [0.5, 0.6) is 0 Å². The molecule has 0 heterocycles. The Morgan fingerprint density at radius 3 is 1.06 bits per heavy atom. The molecule has 50 heavy (non-hydrogen) atoms. The Morgan fingerprint density at radius 1 is 0.440 bits per heavy atom. The van der Waals surface area contributed by atoms with Crippen molar-refractivity contribution >= 4 is 36.2 Å². The monoisotopic (exact) mass is 716 g/mol. The lowest BCUT2D eigenvalue weighted by Crippen LogP contribution is -2.49. The lowest BCUT2D eigenvalue weighted by Gasteiger charge is -2.17. The molecule has 0 rings (SSSR count). The summed E-state index contributed by atoms with van der Waals surface area (Å²) in [5.74, 6) is -1.46. The molecule has 0 spiro atoms.